The van der Waals surface area contributed by atoms with E-state index >= 15 is 0 Å². The van der Waals surface area contributed by atoms with Gasteiger partial charge in [0.05, 0.1) is 4.75 Å². The summed E-state index contributed by atoms with van der Waals surface area (Å²) in [5.74, 6) is 0.203. The van der Waals surface area contributed by atoms with Gasteiger partial charge in [-0.3, -0.25) is 23.9 Å². The second-order valence-corrected chi connectivity index (χ2v) is 15.5. The van der Waals surface area contributed by atoms with E-state index < -0.39 is 11.0 Å². The summed E-state index contributed by atoms with van der Waals surface area (Å²) in [6, 6.07) is 17.5. The smallest absolute Gasteiger partial charge is 0.295 e. The lowest BCUT2D eigenvalue weighted by Crippen LogP contribution is -2.41. The number of allylic oxidation sites excluding steroid dienone is 2. The summed E-state index contributed by atoms with van der Waals surface area (Å²) in [5.41, 5.74) is 1.70. The average Bonchev–Trinajstić information content (AvgIpc) is 4.06. The molecule has 2 aliphatic carbocycles. The van der Waals surface area contributed by atoms with Gasteiger partial charge in [0.15, 0.2) is 5.58 Å². The van der Waals surface area contributed by atoms with E-state index in [1.807, 2.05) is 74.5 Å². The molecular formula is C42H58N6O6S. The van der Waals surface area contributed by atoms with Crippen LogP contribution in [0.4, 0.5) is 6.01 Å². The molecule has 2 aromatic carbocycles. The van der Waals surface area contributed by atoms with Crippen LogP contribution >= 0.6 is 0 Å². The molecule has 3 fully saturated rings. The predicted octanol–water partition coefficient (Wildman–Crippen LogP) is 7.03. The number of aromatic amines is 1. The number of carbonyl (C=O) groups excluding carboxylic acids is 3. The molecule has 4 atom stereocenters. The molecule has 3 heterocycles. The lowest BCUT2D eigenvalue weighted by atomic mass is 10.2. The Morgan fingerprint density at radius 1 is 1.07 bits per heavy atom. The fourth-order valence-electron chi connectivity index (χ4n) is 5.56. The van der Waals surface area contributed by atoms with Crippen molar-refractivity contribution in [3.8, 4) is 0 Å². The lowest BCUT2D eigenvalue weighted by molar-refractivity contribution is -0.130. The van der Waals surface area contributed by atoms with Gasteiger partial charge in [0, 0.05) is 37.6 Å². The van der Waals surface area contributed by atoms with E-state index in [9.17, 15) is 23.4 Å². The molecule has 0 radical (unpaired) electrons. The zero-order chi connectivity index (χ0) is 40.2. The number of nitrogens with one attached hydrogen (secondary N) is 4. The van der Waals surface area contributed by atoms with E-state index in [1.54, 1.807) is 24.2 Å². The topological polar surface area (TPSA) is 166 Å². The molecule has 1 saturated heterocycles. The molecule has 1 aliphatic heterocycles. The minimum atomic E-state index is -1.19. The summed E-state index contributed by atoms with van der Waals surface area (Å²) < 4.78 is 19.5. The zero-order valence-electron chi connectivity index (χ0n) is 32.7. The van der Waals surface area contributed by atoms with Gasteiger partial charge in [-0.25, -0.2) is 4.21 Å². The maximum Gasteiger partial charge on any atom is 0.295 e. The minimum absolute atomic E-state index is 0.0249. The number of oxazole rings is 1. The van der Waals surface area contributed by atoms with Crippen LogP contribution in [0, 0.1) is 11.8 Å². The molecule has 2 aromatic heterocycles. The Balaban J connectivity index is 0.000000188. The highest BCUT2D eigenvalue weighted by atomic mass is 32.2. The number of para-hydroxylation sites is 2. The number of likely N-dealkylation sites (N-methyl/N-ethyl adjacent to an activating group) is 1. The molecule has 298 valence electrons. The molecule has 4 unspecified atom stereocenters. The molecule has 0 bridgehead atoms. The van der Waals surface area contributed by atoms with Gasteiger partial charge in [0.1, 0.15) is 22.5 Å². The first-order valence-electron chi connectivity index (χ1n) is 19.1. The van der Waals surface area contributed by atoms with Crippen molar-refractivity contribution in [2.45, 2.75) is 89.3 Å². The van der Waals surface area contributed by atoms with Crippen LogP contribution < -0.4 is 20.9 Å². The molecule has 2 saturated carbocycles. The van der Waals surface area contributed by atoms with Crippen LogP contribution in [-0.2, 0) is 25.4 Å². The minimum Gasteiger partial charge on any atom is -0.424 e. The van der Waals surface area contributed by atoms with Crippen molar-refractivity contribution >= 4 is 57.1 Å². The molecule has 3 aliphatic rings. The highest BCUT2D eigenvalue weighted by Crippen LogP contribution is 2.42. The first-order valence-corrected chi connectivity index (χ1v) is 20.2. The number of anilines is 1. The second kappa shape index (κ2) is 23.0. The summed E-state index contributed by atoms with van der Waals surface area (Å²) >= 11 is 0. The largest absolute Gasteiger partial charge is 0.424 e. The van der Waals surface area contributed by atoms with Gasteiger partial charge in [0.2, 0.25) is 18.2 Å². The Labute approximate surface area is 327 Å². The monoisotopic (exact) mass is 774 g/mol. The number of carbonyl (C=O) groups is 3. The normalized spacial score (nSPS) is 18.8. The van der Waals surface area contributed by atoms with Crippen LogP contribution in [0.2, 0.25) is 0 Å². The molecule has 4 aromatic rings. The van der Waals surface area contributed by atoms with E-state index in [0.717, 1.165) is 66.9 Å². The summed E-state index contributed by atoms with van der Waals surface area (Å²) in [6.07, 6.45) is 15.8. The van der Waals surface area contributed by atoms with E-state index in [4.69, 9.17) is 4.42 Å². The molecule has 7 rings (SSSR count). The van der Waals surface area contributed by atoms with Crippen LogP contribution in [0.25, 0.3) is 21.9 Å². The summed E-state index contributed by atoms with van der Waals surface area (Å²) in [7, 11) is 0.399. The molecule has 0 spiro atoms. The van der Waals surface area contributed by atoms with E-state index in [2.05, 4.69) is 45.4 Å². The van der Waals surface area contributed by atoms with Crippen LogP contribution in [0.15, 0.2) is 95.3 Å². The Hall–Kier alpha value is -5.04. The number of rotatable bonds is 12. The Morgan fingerprint density at radius 2 is 1.80 bits per heavy atom. The molecular weight excluding hydrogens is 717 g/mol. The zero-order valence-corrected chi connectivity index (χ0v) is 33.5. The Bertz CT molecular complexity index is 1880. The fraction of sp³-hybridized carbons (Fsp3) is 0.452. The molecule has 4 N–H and O–H groups in total. The highest BCUT2D eigenvalue weighted by molar-refractivity contribution is 7.85. The van der Waals surface area contributed by atoms with Crippen LogP contribution in [0.3, 0.4) is 0 Å². The van der Waals surface area contributed by atoms with Crippen LogP contribution in [0.1, 0.15) is 78.6 Å². The van der Waals surface area contributed by atoms with Crippen LogP contribution in [-0.4, -0.2) is 68.2 Å². The van der Waals surface area contributed by atoms with Crippen molar-refractivity contribution < 1.29 is 23.0 Å². The van der Waals surface area contributed by atoms with Gasteiger partial charge in [-0.1, -0.05) is 62.2 Å². The van der Waals surface area contributed by atoms with Gasteiger partial charge in [-0.2, -0.15) is 4.98 Å². The maximum absolute atomic E-state index is 11.6. The quantitative estimate of drug-likeness (QED) is 0.0676. The number of hydrogen-bond donors (Lipinski definition) is 4. The summed E-state index contributed by atoms with van der Waals surface area (Å²) in [5, 5.41) is 7.28. The van der Waals surface area contributed by atoms with E-state index in [-0.39, 0.29) is 34.1 Å². The first-order chi connectivity index (χ1) is 26.5. The molecule has 3 amide bonds. The van der Waals surface area contributed by atoms with Crippen molar-refractivity contribution in [3.63, 3.8) is 0 Å². The van der Waals surface area contributed by atoms with Gasteiger partial charge in [0.25, 0.3) is 11.6 Å². The highest BCUT2D eigenvalue weighted by Gasteiger charge is 2.47. The van der Waals surface area contributed by atoms with Crippen molar-refractivity contribution in [2.24, 2.45) is 11.8 Å². The Kier molecular flexibility index (Phi) is 18.6. The van der Waals surface area contributed by atoms with Crippen molar-refractivity contribution in [2.75, 3.05) is 25.5 Å². The number of hydrogen-bond acceptors (Lipinski definition) is 8. The first kappa shape index (κ1) is 44.4. The predicted molar refractivity (Wildman–Crippen MR) is 223 cm³/mol. The third kappa shape index (κ3) is 14.3. The lowest BCUT2D eigenvalue weighted by Gasteiger charge is -2.17. The van der Waals surface area contributed by atoms with Crippen molar-refractivity contribution in [3.05, 3.63) is 96.5 Å². The van der Waals surface area contributed by atoms with E-state index in [0.29, 0.717) is 18.5 Å². The standard InChI is InChI=1S/C10H15NO2S.C9H10N2O.C9H7NO.C7H12N2O2.C7H14/c1-3-7-6-8(7)9(12)11-14(13)10(2)4-5-10;1-2-10-9-11-7-5-3-4-6-8(7)12-9;11-9-8-4-2-1-3-7(8)5-6-10-9;1-8-7(11)6-3-2-4-9(6)5-10;1-3-5-7-6-4-2/h3,7-8H,1,4-6H2,2H3,(H,11,12);3-6H,2H2,1H3,(H,10,11);1-6H,(H,10,11);5-6H,2-4H2,1H3,(H,8,11);3H,1,4-7H2,2H3. The van der Waals surface area contributed by atoms with Gasteiger partial charge >= 0.3 is 0 Å². The molecule has 13 heteroatoms. The summed E-state index contributed by atoms with van der Waals surface area (Å²) in [6.45, 7) is 15.0. The Morgan fingerprint density at radius 3 is 2.40 bits per heavy atom. The second-order valence-electron chi connectivity index (χ2n) is 13.7. The fourth-order valence-corrected chi connectivity index (χ4v) is 6.62. The van der Waals surface area contributed by atoms with Crippen molar-refractivity contribution in [1.82, 2.24) is 24.9 Å². The SMILES string of the molecule is C=CC1CC1C(=O)NS(=O)C1(C)CC1.C=CCCCCC.CCNc1nc2ccccc2o1.CNC(=O)C1CCCN1C=O.O=c1[nH]ccc2ccccc12. The number of unbranched alkanes of at least 4 members (excludes halogenated alkanes) is 3. The van der Waals surface area contributed by atoms with Crippen LogP contribution in [0.5, 0.6) is 0 Å². The number of fused-ring (bicyclic) bond motifs is 2. The number of benzene rings is 2. The van der Waals surface area contributed by atoms with Crippen molar-refractivity contribution in [1.29, 1.82) is 0 Å². The number of aromatic nitrogens is 2. The number of nitrogens with zero attached hydrogens (tertiary/aromatic N) is 2. The summed E-state index contributed by atoms with van der Waals surface area (Å²) in [4.78, 5) is 52.5. The van der Waals surface area contributed by atoms with E-state index in [1.165, 1.54) is 25.7 Å². The third-order valence-corrected chi connectivity index (χ3v) is 11.1. The molecule has 12 nitrogen and oxygen atoms in total. The molecule has 55 heavy (non-hydrogen) atoms. The number of pyridine rings is 1. The van der Waals surface area contributed by atoms with Gasteiger partial charge < -0.3 is 24.9 Å². The third-order valence-electron chi connectivity index (χ3n) is 9.37. The van der Waals surface area contributed by atoms with Gasteiger partial charge in [-0.05, 0) is 94.4 Å². The maximum atomic E-state index is 11.6. The number of amides is 3. The number of likely N-dealkylation sites (tertiary alicyclic amines) is 1. The average molecular weight is 775 g/mol. The number of H-pyrrole nitrogens is 1. The van der Waals surface area contributed by atoms with Gasteiger partial charge in [-0.15, -0.1) is 13.2 Å².